The molecule has 1 aliphatic rings. The van der Waals surface area contributed by atoms with Gasteiger partial charge in [-0.2, -0.15) is 0 Å². The van der Waals surface area contributed by atoms with Crippen LogP contribution in [-0.2, 0) is 9.47 Å². The van der Waals surface area contributed by atoms with E-state index in [0.717, 1.165) is 35.0 Å². The monoisotopic (exact) mass is 391 g/mol. The zero-order valence-corrected chi connectivity index (χ0v) is 16.0. The van der Waals surface area contributed by atoms with Gasteiger partial charge in [-0.25, -0.2) is 19.5 Å². The first-order valence-electron chi connectivity index (χ1n) is 9.59. The molecule has 0 unspecified atom stereocenters. The largest absolute Gasteiger partial charge is 0.382 e. The first-order valence-corrected chi connectivity index (χ1v) is 9.59. The van der Waals surface area contributed by atoms with Crippen LogP contribution in [0.1, 0.15) is 12.8 Å². The van der Waals surface area contributed by atoms with Crippen molar-refractivity contribution in [3.8, 4) is 11.1 Å². The predicted octanol–water partition coefficient (Wildman–Crippen LogP) is 2.34. The fraction of sp³-hybridized carbons (Fsp3) is 0.350. The van der Waals surface area contributed by atoms with Crippen molar-refractivity contribution < 1.29 is 9.47 Å². The Morgan fingerprint density at radius 3 is 2.90 bits per heavy atom. The molecule has 29 heavy (non-hydrogen) atoms. The molecule has 1 fully saturated rings. The maximum absolute atomic E-state index is 5.71. The van der Waals surface area contributed by atoms with Crippen LogP contribution in [0, 0.1) is 0 Å². The van der Waals surface area contributed by atoms with E-state index in [9.17, 15) is 0 Å². The van der Waals surface area contributed by atoms with Gasteiger partial charge >= 0.3 is 0 Å². The number of rotatable bonds is 7. The number of hydrogen-bond donors (Lipinski definition) is 1. The van der Waals surface area contributed by atoms with E-state index < -0.39 is 0 Å². The fourth-order valence-corrected chi connectivity index (χ4v) is 3.52. The summed E-state index contributed by atoms with van der Waals surface area (Å²) in [5, 5.41) is 7.97. The number of pyridine rings is 1. The second kappa shape index (κ2) is 7.69. The van der Waals surface area contributed by atoms with Crippen LogP contribution in [0.15, 0.2) is 43.1 Å². The lowest BCUT2D eigenvalue weighted by Crippen LogP contribution is -2.41. The third-order valence-corrected chi connectivity index (χ3v) is 5.12. The Morgan fingerprint density at radius 2 is 2.00 bits per heavy atom. The molecule has 0 atom stereocenters. The second-order valence-electron chi connectivity index (χ2n) is 7.06. The Kier molecular flexibility index (Phi) is 4.74. The maximum atomic E-state index is 5.71. The molecule has 0 aliphatic heterocycles. The summed E-state index contributed by atoms with van der Waals surface area (Å²) in [5.41, 5.74) is 4.27. The molecule has 1 saturated carbocycles. The van der Waals surface area contributed by atoms with E-state index in [1.165, 1.54) is 0 Å². The third-order valence-electron chi connectivity index (χ3n) is 5.12. The van der Waals surface area contributed by atoms with Gasteiger partial charge in [0.05, 0.1) is 31.0 Å². The van der Waals surface area contributed by atoms with Crippen molar-refractivity contribution in [2.45, 2.75) is 25.0 Å². The number of methoxy groups -OCH3 is 1. The lowest BCUT2D eigenvalue weighted by Gasteiger charge is -2.35. The van der Waals surface area contributed by atoms with Crippen molar-refractivity contribution in [2.75, 3.05) is 25.6 Å². The van der Waals surface area contributed by atoms with Crippen LogP contribution in [0.5, 0.6) is 0 Å². The molecule has 9 nitrogen and oxygen atoms in total. The van der Waals surface area contributed by atoms with Crippen LogP contribution >= 0.6 is 0 Å². The molecule has 4 aromatic heterocycles. The van der Waals surface area contributed by atoms with Crippen LogP contribution in [0.4, 0.5) is 5.95 Å². The van der Waals surface area contributed by atoms with Gasteiger partial charge in [-0.15, -0.1) is 5.10 Å². The van der Waals surface area contributed by atoms with Crippen molar-refractivity contribution in [1.82, 2.24) is 29.5 Å². The highest BCUT2D eigenvalue weighted by Crippen LogP contribution is 2.28. The molecule has 148 valence electrons. The smallest absolute Gasteiger partial charge is 0.241 e. The van der Waals surface area contributed by atoms with Crippen LogP contribution in [-0.4, -0.2) is 62.0 Å². The number of aromatic nitrogens is 6. The van der Waals surface area contributed by atoms with Crippen LogP contribution in [0.3, 0.4) is 0 Å². The van der Waals surface area contributed by atoms with E-state index in [1.807, 2.05) is 29.0 Å². The molecule has 5 rings (SSSR count). The molecular weight excluding hydrogens is 370 g/mol. The van der Waals surface area contributed by atoms with E-state index in [1.54, 1.807) is 25.7 Å². The molecule has 1 N–H and O–H groups in total. The number of fused-ring (bicyclic) bond motifs is 2. The summed E-state index contributed by atoms with van der Waals surface area (Å²) in [4.78, 5) is 17.4. The lowest BCUT2D eigenvalue weighted by atomic mass is 9.89. The molecule has 0 saturated heterocycles. The van der Waals surface area contributed by atoms with Gasteiger partial charge in [0, 0.05) is 49.1 Å². The average Bonchev–Trinajstić information content (AvgIpc) is 3.15. The van der Waals surface area contributed by atoms with E-state index >= 15 is 0 Å². The fourth-order valence-electron chi connectivity index (χ4n) is 3.52. The molecule has 4 aromatic rings. The Morgan fingerprint density at radius 1 is 1.10 bits per heavy atom. The summed E-state index contributed by atoms with van der Waals surface area (Å²) in [5.74, 6) is 0.613. The molecule has 0 aromatic carbocycles. The second-order valence-corrected chi connectivity index (χ2v) is 7.06. The summed E-state index contributed by atoms with van der Waals surface area (Å²) in [6.07, 6.45) is 11.1. The van der Waals surface area contributed by atoms with Crippen LogP contribution in [0.25, 0.3) is 27.8 Å². The first kappa shape index (κ1) is 17.9. The Balaban J connectivity index is 1.30. The summed E-state index contributed by atoms with van der Waals surface area (Å²) in [7, 11) is 1.68. The minimum absolute atomic E-state index is 0.285. The molecular formula is C20H21N7O2. The van der Waals surface area contributed by atoms with Gasteiger partial charge in [-0.3, -0.25) is 4.98 Å². The van der Waals surface area contributed by atoms with E-state index in [4.69, 9.17) is 9.47 Å². The topological polar surface area (TPSA) is 99.3 Å². The molecule has 4 heterocycles. The van der Waals surface area contributed by atoms with Gasteiger partial charge in [-0.05, 0) is 25.0 Å². The van der Waals surface area contributed by atoms with Gasteiger partial charge in [0.2, 0.25) is 5.95 Å². The number of ether oxygens (including phenoxy) is 2. The van der Waals surface area contributed by atoms with Gasteiger partial charge in [0.15, 0.2) is 5.65 Å². The van der Waals surface area contributed by atoms with Crippen LogP contribution < -0.4 is 5.32 Å². The molecule has 9 heteroatoms. The minimum atomic E-state index is 0.285. The number of nitrogens with zero attached hydrogens (tertiary/aromatic N) is 6. The number of nitrogens with one attached hydrogen (secondary N) is 1. The summed E-state index contributed by atoms with van der Waals surface area (Å²) >= 11 is 0. The van der Waals surface area contributed by atoms with Gasteiger partial charge < -0.3 is 14.8 Å². The molecule has 0 amide bonds. The highest BCUT2D eigenvalue weighted by Gasteiger charge is 2.30. The van der Waals surface area contributed by atoms with Crippen molar-refractivity contribution in [1.29, 1.82) is 0 Å². The average molecular weight is 391 g/mol. The normalized spacial score (nSPS) is 18.8. The minimum Gasteiger partial charge on any atom is -0.382 e. The summed E-state index contributed by atoms with van der Waals surface area (Å²) in [6, 6.07) is 4.32. The standard InChI is InChI=1S/C20H21N7O2/c1-28-6-7-29-15-9-14(10-15)25-20-24-12-18-16(2-5-27(18)26-20)13-8-17-19(23-11-13)22-4-3-21-17/h2-5,8,11-12,14-15H,6-7,9-10H2,1H3,(H,25,26)/t14-,15-. The zero-order chi connectivity index (χ0) is 19.6. The Labute approximate surface area is 167 Å². The van der Waals surface area contributed by atoms with E-state index in [0.29, 0.717) is 30.9 Å². The van der Waals surface area contributed by atoms with Gasteiger partial charge in [-0.1, -0.05) is 0 Å². The number of hydrogen-bond acceptors (Lipinski definition) is 8. The van der Waals surface area contributed by atoms with E-state index in [2.05, 4.69) is 30.4 Å². The lowest BCUT2D eigenvalue weighted by molar-refractivity contribution is -0.0261. The zero-order valence-electron chi connectivity index (χ0n) is 16.0. The highest BCUT2D eigenvalue weighted by molar-refractivity contribution is 5.84. The predicted molar refractivity (Wildman–Crippen MR) is 108 cm³/mol. The van der Waals surface area contributed by atoms with Crippen molar-refractivity contribution in [3.63, 3.8) is 0 Å². The highest BCUT2D eigenvalue weighted by atomic mass is 16.5. The molecule has 0 spiro atoms. The molecule has 1 aliphatic carbocycles. The van der Waals surface area contributed by atoms with Gasteiger partial charge in [0.1, 0.15) is 5.52 Å². The van der Waals surface area contributed by atoms with Crippen LogP contribution in [0.2, 0.25) is 0 Å². The first-order chi connectivity index (χ1) is 14.3. The van der Waals surface area contributed by atoms with Crippen molar-refractivity contribution in [3.05, 3.63) is 43.1 Å². The maximum Gasteiger partial charge on any atom is 0.241 e. The SMILES string of the molecule is COCCO[C@H]1C[C@H](Nc2ncc3c(-c4cnc5nccnc5c4)ccn3n2)C1. The summed E-state index contributed by atoms with van der Waals surface area (Å²) in [6.45, 7) is 1.27. The Hall–Kier alpha value is -3.17. The molecule has 0 bridgehead atoms. The van der Waals surface area contributed by atoms with Gasteiger partial charge in [0.25, 0.3) is 0 Å². The van der Waals surface area contributed by atoms with E-state index in [-0.39, 0.29) is 6.10 Å². The molecule has 0 radical (unpaired) electrons. The van der Waals surface area contributed by atoms with Crippen molar-refractivity contribution in [2.24, 2.45) is 0 Å². The van der Waals surface area contributed by atoms with Crippen molar-refractivity contribution >= 4 is 22.6 Å². The quantitative estimate of drug-likeness (QED) is 0.479. The third kappa shape index (κ3) is 3.62. The summed E-state index contributed by atoms with van der Waals surface area (Å²) < 4.78 is 12.5. The number of anilines is 1. The Bertz CT molecular complexity index is 1140.